The van der Waals surface area contributed by atoms with Gasteiger partial charge < -0.3 is 39.7 Å². The van der Waals surface area contributed by atoms with Crippen molar-refractivity contribution >= 4 is 11.9 Å². The van der Waals surface area contributed by atoms with Gasteiger partial charge in [-0.3, -0.25) is 9.59 Å². The zero-order valence-electron chi connectivity index (χ0n) is 24.8. The summed E-state index contributed by atoms with van der Waals surface area (Å²) in [6.45, 7) is 11.1. The van der Waals surface area contributed by atoms with Crippen LogP contribution >= 0.6 is 0 Å². The van der Waals surface area contributed by atoms with Crippen LogP contribution in [-0.2, 0) is 23.8 Å². The first kappa shape index (κ1) is 30.9. The highest BCUT2D eigenvalue weighted by Crippen LogP contribution is 2.72. The van der Waals surface area contributed by atoms with E-state index < -0.39 is 66.4 Å². The fourth-order valence-corrected chi connectivity index (χ4v) is 9.70. The molecule has 1 spiro atoms. The molecule has 5 fully saturated rings. The van der Waals surface area contributed by atoms with Crippen molar-refractivity contribution in [3.63, 3.8) is 0 Å². The minimum absolute atomic E-state index is 0.0325. The van der Waals surface area contributed by atoms with Crippen LogP contribution in [0.3, 0.4) is 0 Å². The number of rotatable bonds is 6. The molecule has 232 valence electrons. The van der Waals surface area contributed by atoms with E-state index in [0.717, 1.165) is 50.5 Å². The third-order valence-electron chi connectivity index (χ3n) is 11.5. The molecule has 0 unspecified atom stereocenters. The molecule has 12 atom stereocenters. The van der Waals surface area contributed by atoms with E-state index in [1.165, 1.54) is 0 Å². The lowest BCUT2D eigenvalue weighted by atomic mass is 9.40. The van der Waals surface area contributed by atoms with E-state index in [4.69, 9.17) is 14.2 Å². The lowest BCUT2D eigenvalue weighted by Crippen LogP contribution is -2.62. The average molecular weight is 581 g/mol. The van der Waals surface area contributed by atoms with Gasteiger partial charge >= 0.3 is 11.9 Å². The molecule has 5 rings (SSSR count). The minimum atomic E-state index is -1.65. The monoisotopic (exact) mass is 580 g/mol. The van der Waals surface area contributed by atoms with Gasteiger partial charge in [0.2, 0.25) is 6.29 Å². The number of fused-ring (bicyclic) bond motifs is 3. The second kappa shape index (κ2) is 10.6. The molecule has 0 aromatic rings. The summed E-state index contributed by atoms with van der Waals surface area (Å²) in [5.41, 5.74) is -1.58. The van der Waals surface area contributed by atoms with E-state index in [2.05, 4.69) is 13.5 Å². The van der Waals surface area contributed by atoms with Gasteiger partial charge in [-0.25, -0.2) is 0 Å². The fraction of sp³-hybridized carbons (Fsp3) is 0.871. The van der Waals surface area contributed by atoms with E-state index in [0.29, 0.717) is 6.42 Å². The average Bonchev–Trinajstić information content (AvgIpc) is 3.07. The number of aliphatic hydroxyl groups is 5. The van der Waals surface area contributed by atoms with Gasteiger partial charge in [-0.15, -0.1) is 0 Å². The van der Waals surface area contributed by atoms with Crippen molar-refractivity contribution < 1.29 is 49.3 Å². The maximum Gasteiger partial charge on any atom is 0.314 e. The molecule has 0 amide bonds. The molecule has 10 nitrogen and oxygen atoms in total. The molecule has 1 aliphatic heterocycles. The Morgan fingerprint density at radius 2 is 1.71 bits per heavy atom. The van der Waals surface area contributed by atoms with Crippen LogP contribution in [0.15, 0.2) is 12.2 Å². The maximum absolute atomic E-state index is 13.9. The summed E-state index contributed by atoms with van der Waals surface area (Å²) in [7, 11) is 0. The third kappa shape index (κ3) is 4.96. The van der Waals surface area contributed by atoms with Crippen LogP contribution < -0.4 is 0 Å². The topological polar surface area (TPSA) is 163 Å². The van der Waals surface area contributed by atoms with E-state index in [-0.39, 0.29) is 35.0 Å². The summed E-state index contributed by atoms with van der Waals surface area (Å²) in [6.07, 6.45) is -1.34. The molecule has 0 aromatic carbocycles. The summed E-state index contributed by atoms with van der Waals surface area (Å²) in [4.78, 5) is 26.8. The van der Waals surface area contributed by atoms with Gasteiger partial charge in [0.25, 0.3) is 0 Å². The number of carbonyl (C=O) groups excluding carboxylic acids is 2. The number of hydrogen-bond acceptors (Lipinski definition) is 10. The molecule has 5 aliphatic rings. The Morgan fingerprint density at radius 3 is 2.37 bits per heavy atom. The number of hydrogen-bond donors (Lipinski definition) is 5. The molecule has 1 heterocycles. The first-order chi connectivity index (χ1) is 19.1. The molecular formula is C31H48O10. The van der Waals surface area contributed by atoms with E-state index in [1.54, 1.807) is 13.8 Å². The summed E-state index contributed by atoms with van der Waals surface area (Å²) >= 11 is 0. The van der Waals surface area contributed by atoms with Gasteiger partial charge in [-0.2, -0.15) is 0 Å². The number of ether oxygens (including phenoxy) is 3. The van der Waals surface area contributed by atoms with Crippen molar-refractivity contribution in [3.05, 3.63) is 12.2 Å². The van der Waals surface area contributed by atoms with Crippen molar-refractivity contribution in [2.75, 3.05) is 6.61 Å². The minimum Gasteiger partial charge on any atom is -0.457 e. The Balaban J connectivity index is 1.39. The second-order valence-corrected chi connectivity index (χ2v) is 14.7. The highest BCUT2D eigenvalue weighted by molar-refractivity contribution is 5.77. The number of carbonyl (C=O) groups is 2. The predicted molar refractivity (Wildman–Crippen MR) is 146 cm³/mol. The molecule has 1 saturated heterocycles. The zero-order chi connectivity index (χ0) is 30.1. The van der Waals surface area contributed by atoms with Gasteiger partial charge in [0.1, 0.15) is 30.5 Å². The first-order valence-electron chi connectivity index (χ1n) is 15.2. The Bertz CT molecular complexity index is 1050. The molecular weight excluding hydrogens is 532 g/mol. The smallest absolute Gasteiger partial charge is 0.314 e. The van der Waals surface area contributed by atoms with E-state index in [1.807, 2.05) is 6.92 Å². The SMILES string of the molecule is C=C1[C@@H]2CC[C@H]3[C@]4(C)CCC[C@@](C)(C(=O)O[C@@H]5O[C@H](CO)[C@@H](O)[C@H](O)[C@H]5O)[C@H]4CC[C@]3(C2)[C@H]1OC(=O)CC(C)(C)O. The van der Waals surface area contributed by atoms with Crippen LogP contribution in [0, 0.1) is 34.0 Å². The Kier molecular flexibility index (Phi) is 7.95. The third-order valence-corrected chi connectivity index (χ3v) is 11.5. The highest BCUT2D eigenvalue weighted by Gasteiger charge is 2.69. The molecule has 41 heavy (non-hydrogen) atoms. The van der Waals surface area contributed by atoms with Crippen molar-refractivity contribution in [1.29, 1.82) is 0 Å². The normalized spacial score (nSPS) is 47.7. The summed E-state index contributed by atoms with van der Waals surface area (Å²) in [6, 6.07) is 0. The van der Waals surface area contributed by atoms with Crippen LogP contribution in [0.5, 0.6) is 0 Å². The van der Waals surface area contributed by atoms with Crippen molar-refractivity contribution in [1.82, 2.24) is 0 Å². The summed E-state index contributed by atoms with van der Waals surface area (Å²) < 4.78 is 17.4. The van der Waals surface area contributed by atoms with Crippen LogP contribution in [0.2, 0.25) is 0 Å². The molecule has 5 N–H and O–H groups in total. The van der Waals surface area contributed by atoms with Gasteiger partial charge in [0.15, 0.2) is 0 Å². The van der Waals surface area contributed by atoms with Crippen molar-refractivity contribution in [3.8, 4) is 0 Å². The van der Waals surface area contributed by atoms with Gasteiger partial charge in [-0.1, -0.05) is 19.9 Å². The van der Waals surface area contributed by atoms with Gasteiger partial charge in [-0.05, 0) is 94.5 Å². The highest BCUT2D eigenvalue weighted by atomic mass is 16.7. The molecule has 10 heteroatoms. The predicted octanol–water partition coefficient (Wildman–Crippen LogP) is 1.98. The van der Waals surface area contributed by atoms with Crippen molar-refractivity contribution in [2.45, 2.75) is 128 Å². The van der Waals surface area contributed by atoms with Crippen molar-refractivity contribution in [2.24, 2.45) is 34.0 Å². The number of aliphatic hydroxyl groups excluding tert-OH is 4. The van der Waals surface area contributed by atoms with Crippen LogP contribution in [0.4, 0.5) is 0 Å². The fourth-order valence-electron chi connectivity index (χ4n) is 9.70. The Morgan fingerprint density at radius 1 is 1.00 bits per heavy atom. The second-order valence-electron chi connectivity index (χ2n) is 14.7. The van der Waals surface area contributed by atoms with Crippen LogP contribution in [0.1, 0.15) is 85.5 Å². The van der Waals surface area contributed by atoms with E-state index >= 15 is 0 Å². The number of esters is 2. The largest absolute Gasteiger partial charge is 0.457 e. The molecule has 4 aliphatic carbocycles. The van der Waals surface area contributed by atoms with E-state index in [9.17, 15) is 35.1 Å². The summed E-state index contributed by atoms with van der Waals surface area (Å²) in [5.74, 6) is -0.490. The van der Waals surface area contributed by atoms with Gasteiger partial charge in [0.05, 0.1) is 24.0 Å². The maximum atomic E-state index is 13.9. The molecule has 4 saturated carbocycles. The Labute approximate surface area is 242 Å². The first-order valence-corrected chi connectivity index (χ1v) is 15.2. The standard InChI is InChI=1S/C31H48O10/c1-16-17-7-8-20-29(4)10-6-11-30(5,27(37)41-26-24(36)23(35)22(34)18(15-32)39-26)19(29)9-12-31(20,13-17)25(16)40-21(33)14-28(2,3)38/h17-20,22-26,32,34-36,38H,1,6-15H2,2-5H3/t17-,18-,19+,20+,22-,23+,24-,25+,26+,29-,30-,31-/m1/s1. The molecule has 2 bridgehead atoms. The summed E-state index contributed by atoms with van der Waals surface area (Å²) in [5, 5.41) is 50.6. The lowest BCUT2D eigenvalue weighted by molar-refractivity contribution is -0.298. The molecule has 0 radical (unpaired) electrons. The molecule has 0 aromatic heterocycles. The van der Waals surface area contributed by atoms with Gasteiger partial charge in [0, 0.05) is 5.41 Å². The quantitative estimate of drug-likeness (QED) is 0.232. The van der Waals surface area contributed by atoms with Crippen LogP contribution in [0.25, 0.3) is 0 Å². The Hall–Kier alpha value is -1.56. The lowest BCUT2D eigenvalue weighted by Gasteiger charge is -2.64. The zero-order valence-corrected chi connectivity index (χ0v) is 24.8. The van der Waals surface area contributed by atoms with Crippen LogP contribution in [-0.4, -0.2) is 86.5 Å².